The molecule has 0 unspecified atom stereocenters. The van der Waals surface area contributed by atoms with Gasteiger partial charge < -0.3 is 0 Å². The molecule has 3 aromatic carbocycles. The third kappa shape index (κ3) is 3.72. The number of sulfonamides is 1. The van der Waals surface area contributed by atoms with E-state index < -0.39 is 15.8 Å². The van der Waals surface area contributed by atoms with Crippen molar-refractivity contribution in [1.82, 2.24) is 9.78 Å². The second kappa shape index (κ2) is 7.26. The summed E-state index contributed by atoms with van der Waals surface area (Å²) in [5.41, 5.74) is 0.567. The third-order valence-electron chi connectivity index (χ3n) is 4.30. The van der Waals surface area contributed by atoms with Crippen LogP contribution in [-0.2, 0) is 16.6 Å². The van der Waals surface area contributed by atoms with Crippen molar-refractivity contribution in [3.8, 4) is 0 Å². The summed E-state index contributed by atoms with van der Waals surface area (Å²) in [7, 11) is -3.78. The molecule has 8 heteroatoms. The minimum Gasteiger partial charge on any atom is -0.276 e. The molecule has 0 amide bonds. The van der Waals surface area contributed by atoms with Gasteiger partial charge in [0.25, 0.3) is 10.0 Å². The first-order valence-electron chi connectivity index (χ1n) is 8.39. The van der Waals surface area contributed by atoms with Crippen LogP contribution in [0.3, 0.4) is 0 Å². The van der Waals surface area contributed by atoms with Crippen LogP contribution in [0.15, 0.2) is 78.0 Å². The van der Waals surface area contributed by atoms with Gasteiger partial charge in [-0.25, -0.2) is 12.8 Å². The number of rotatable bonds is 5. The van der Waals surface area contributed by atoms with Crippen LogP contribution >= 0.6 is 11.6 Å². The third-order valence-corrected chi connectivity index (χ3v) is 6.03. The molecule has 1 heterocycles. The van der Waals surface area contributed by atoms with Gasteiger partial charge >= 0.3 is 0 Å². The van der Waals surface area contributed by atoms with Gasteiger partial charge in [-0.15, -0.1) is 0 Å². The smallest absolute Gasteiger partial charge is 0.262 e. The summed E-state index contributed by atoms with van der Waals surface area (Å²) in [4.78, 5) is 0.149. The van der Waals surface area contributed by atoms with E-state index in [-0.39, 0.29) is 27.7 Å². The number of hydrogen-bond donors (Lipinski definition) is 1. The van der Waals surface area contributed by atoms with E-state index in [1.54, 1.807) is 24.3 Å². The van der Waals surface area contributed by atoms with Gasteiger partial charge in [-0.05, 0) is 35.0 Å². The minimum absolute atomic E-state index is 0.0865. The molecule has 1 aromatic heterocycles. The number of halogens is 2. The molecular formula is C20H15ClFN3O2S. The zero-order chi connectivity index (χ0) is 19.7. The molecule has 28 heavy (non-hydrogen) atoms. The van der Waals surface area contributed by atoms with Crippen LogP contribution < -0.4 is 4.72 Å². The molecule has 142 valence electrons. The van der Waals surface area contributed by atoms with Crippen LogP contribution in [0, 0.1) is 5.82 Å². The predicted molar refractivity (Wildman–Crippen MR) is 107 cm³/mol. The van der Waals surface area contributed by atoms with E-state index in [4.69, 9.17) is 11.6 Å². The van der Waals surface area contributed by atoms with Gasteiger partial charge in [0.15, 0.2) is 0 Å². The lowest BCUT2D eigenvalue weighted by atomic mass is 10.1. The van der Waals surface area contributed by atoms with Gasteiger partial charge in [-0.2, -0.15) is 5.10 Å². The first-order valence-corrected chi connectivity index (χ1v) is 10.3. The van der Waals surface area contributed by atoms with Gasteiger partial charge in [-0.3, -0.25) is 9.40 Å². The van der Waals surface area contributed by atoms with Crippen LogP contribution in [0.1, 0.15) is 5.56 Å². The minimum atomic E-state index is -3.78. The Morgan fingerprint density at radius 1 is 1.04 bits per heavy atom. The molecular weight excluding hydrogens is 401 g/mol. The van der Waals surface area contributed by atoms with Crippen molar-refractivity contribution in [3.63, 3.8) is 0 Å². The normalized spacial score (nSPS) is 11.6. The van der Waals surface area contributed by atoms with Crippen molar-refractivity contribution in [2.24, 2.45) is 0 Å². The Labute approximate surface area is 166 Å². The van der Waals surface area contributed by atoms with Crippen molar-refractivity contribution < 1.29 is 12.8 Å². The first-order chi connectivity index (χ1) is 13.4. The summed E-state index contributed by atoms with van der Waals surface area (Å²) in [6.45, 7) is 0.0865. The Bertz CT molecular complexity index is 1250. The topological polar surface area (TPSA) is 64.0 Å². The van der Waals surface area contributed by atoms with Crippen molar-refractivity contribution in [1.29, 1.82) is 0 Å². The second-order valence-corrected chi connectivity index (χ2v) is 8.33. The molecule has 0 aliphatic carbocycles. The number of hydrogen-bond acceptors (Lipinski definition) is 3. The Hall–Kier alpha value is -2.90. The van der Waals surface area contributed by atoms with Gasteiger partial charge in [0.2, 0.25) is 0 Å². The number of fused-ring (bicyclic) bond motifs is 1. The van der Waals surface area contributed by atoms with E-state index in [9.17, 15) is 12.8 Å². The van der Waals surface area contributed by atoms with Crippen LogP contribution in [0.4, 0.5) is 10.1 Å². The molecule has 1 N–H and O–H groups in total. The second-order valence-electron chi connectivity index (χ2n) is 6.24. The average Bonchev–Trinajstić information content (AvgIpc) is 3.11. The molecule has 0 atom stereocenters. The Kier molecular flexibility index (Phi) is 4.78. The standard InChI is InChI=1S/C20H15ClFN3O2S/c21-19-6-3-7-20(22)18(19)13-25-12-16(11-23-25)24-28(26,27)17-9-8-14-4-1-2-5-15(14)10-17/h1-12,24H,13H2. The summed E-state index contributed by atoms with van der Waals surface area (Å²) in [5.74, 6) is -0.443. The van der Waals surface area contributed by atoms with Crippen LogP contribution in [-0.4, -0.2) is 18.2 Å². The molecule has 5 nitrogen and oxygen atoms in total. The number of nitrogens with zero attached hydrogens (tertiary/aromatic N) is 2. The number of benzene rings is 3. The van der Waals surface area contributed by atoms with Gasteiger partial charge in [-0.1, -0.05) is 48.0 Å². The van der Waals surface area contributed by atoms with Gasteiger partial charge in [0.05, 0.1) is 23.3 Å². The van der Waals surface area contributed by atoms with Crippen LogP contribution in [0.5, 0.6) is 0 Å². The van der Waals surface area contributed by atoms with Gasteiger partial charge in [0.1, 0.15) is 5.82 Å². The Balaban J connectivity index is 1.57. The Morgan fingerprint density at radius 3 is 2.61 bits per heavy atom. The summed E-state index contributed by atoms with van der Waals surface area (Å²) in [5, 5.41) is 6.16. The molecule has 0 radical (unpaired) electrons. The molecule has 0 saturated carbocycles. The average molecular weight is 416 g/mol. The van der Waals surface area contributed by atoms with Crippen molar-refractivity contribution in [3.05, 3.63) is 89.5 Å². The molecule has 0 fully saturated rings. The van der Waals surface area contributed by atoms with Crippen molar-refractivity contribution in [2.45, 2.75) is 11.4 Å². The van der Waals surface area contributed by atoms with Crippen LogP contribution in [0.25, 0.3) is 10.8 Å². The fraction of sp³-hybridized carbons (Fsp3) is 0.0500. The highest BCUT2D eigenvalue weighted by molar-refractivity contribution is 7.92. The fourth-order valence-electron chi connectivity index (χ4n) is 2.90. The number of anilines is 1. The van der Waals surface area contributed by atoms with Gasteiger partial charge in [0, 0.05) is 16.8 Å². The number of nitrogens with one attached hydrogen (secondary N) is 1. The zero-order valence-corrected chi connectivity index (χ0v) is 16.1. The highest BCUT2D eigenvalue weighted by atomic mass is 35.5. The first kappa shape index (κ1) is 18.5. The summed E-state index contributed by atoms with van der Waals surface area (Å²) in [6.07, 6.45) is 2.86. The van der Waals surface area contributed by atoms with Crippen molar-refractivity contribution >= 4 is 38.1 Å². The molecule has 0 saturated heterocycles. The van der Waals surface area contributed by atoms with E-state index >= 15 is 0 Å². The zero-order valence-electron chi connectivity index (χ0n) is 14.5. The lowest BCUT2D eigenvalue weighted by molar-refractivity contribution is 0.585. The molecule has 4 aromatic rings. The predicted octanol–water partition coefficient (Wildman–Crippen LogP) is 4.68. The van der Waals surface area contributed by atoms with Crippen LogP contribution in [0.2, 0.25) is 5.02 Å². The maximum atomic E-state index is 13.9. The van der Waals surface area contributed by atoms with Crippen molar-refractivity contribution in [2.75, 3.05) is 4.72 Å². The largest absolute Gasteiger partial charge is 0.276 e. The highest BCUT2D eigenvalue weighted by Gasteiger charge is 2.16. The SMILES string of the molecule is O=S(=O)(Nc1cnn(Cc2c(F)cccc2Cl)c1)c1ccc2ccccc2c1. The molecule has 0 spiro atoms. The molecule has 0 aliphatic heterocycles. The molecule has 0 aliphatic rings. The number of aromatic nitrogens is 2. The summed E-state index contributed by atoms with van der Waals surface area (Å²) >= 11 is 6.03. The van der Waals surface area contributed by atoms with E-state index in [1.807, 2.05) is 24.3 Å². The highest BCUT2D eigenvalue weighted by Crippen LogP contribution is 2.23. The summed E-state index contributed by atoms with van der Waals surface area (Å²) in [6, 6.07) is 16.9. The van der Waals surface area contributed by atoms with E-state index in [1.165, 1.54) is 29.2 Å². The summed E-state index contributed by atoms with van der Waals surface area (Å²) < 4.78 is 43.2. The quantitative estimate of drug-likeness (QED) is 0.514. The van der Waals surface area contributed by atoms with E-state index in [2.05, 4.69) is 9.82 Å². The monoisotopic (exact) mass is 415 g/mol. The maximum absolute atomic E-state index is 13.9. The maximum Gasteiger partial charge on any atom is 0.262 e. The lowest BCUT2D eigenvalue weighted by Gasteiger charge is -2.07. The van der Waals surface area contributed by atoms with E-state index in [0.717, 1.165) is 10.8 Å². The molecule has 4 rings (SSSR count). The lowest BCUT2D eigenvalue weighted by Crippen LogP contribution is -2.12. The fourth-order valence-corrected chi connectivity index (χ4v) is 4.18. The molecule has 0 bridgehead atoms. The van der Waals surface area contributed by atoms with E-state index in [0.29, 0.717) is 0 Å². The Morgan fingerprint density at radius 2 is 1.82 bits per heavy atom.